The molecule has 1 amide bonds. The fraction of sp³-hybridized carbons (Fsp3) is 0.529. The molecule has 0 saturated heterocycles. The first-order valence-electron chi connectivity index (χ1n) is 7.92. The van der Waals surface area contributed by atoms with Gasteiger partial charge < -0.3 is 16.0 Å². The van der Waals surface area contributed by atoms with Crippen LogP contribution >= 0.6 is 0 Å². The molecule has 0 spiro atoms. The molecule has 0 aromatic heterocycles. The van der Waals surface area contributed by atoms with Crippen molar-refractivity contribution in [1.29, 1.82) is 0 Å². The molecule has 5 heteroatoms. The normalized spacial score (nSPS) is 11.4. The molecule has 0 radical (unpaired) electrons. The number of unbranched alkanes of at least 4 members (excludes halogenated alkanes) is 1. The maximum absolute atomic E-state index is 11.1. The second kappa shape index (κ2) is 9.82. The molecular weight excluding hydrogens is 276 g/mol. The lowest BCUT2D eigenvalue weighted by molar-refractivity contribution is -0.114. The Morgan fingerprint density at radius 3 is 2.73 bits per heavy atom. The van der Waals surface area contributed by atoms with Crippen LogP contribution in [-0.2, 0) is 11.3 Å². The van der Waals surface area contributed by atoms with Crippen molar-refractivity contribution in [3.8, 4) is 0 Å². The molecule has 3 N–H and O–H groups in total. The van der Waals surface area contributed by atoms with Crippen LogP contribution in [0.5, 0.6) is 0 Å². The number of hydrogen-bond acceptors (Lipinski definition) is 2. The molecule has 0 unspecified atom stereocenters. The van der Waals surface area contributed by atoms with Crippen molar-refractivity contribution in [2.75, 3.05) is 11.9 Å². The molecule has 0 fully saturated rings. The predicted molar refractivity (Wildman–Crippen MR) is 93.1 cm³/mol. The second-order valence-electron chi connectivity index (χ2n) is 5.63. The molecular formula is C17H28N4O. The van der Waals surface area contributed by atoms with E-state index in [1.54, 1.807) is 0 Å². The van der Waals surface area contributed by atoms with Gasteiger partial charge in [0.1, 0.15) is 0 Å². The van der Waals surface area contributed by atoms with Crippen molar-refractivity contribution in [1.82, 2.24) is 10.6 Å². The Hall–Kier alpha value is -2.04. The summed E-state index contributed by atoms with van der Waals surface area (Å²) in [6, 6.07) is 8.09. The minimum atomic E-state index is -0.0657. The maximum atomic E-state index is 11.1. The van der Waals surface area contributed by atoms with E-state index in [2.05, 4.69) is 41.7 Å². The van der Waals surface area contributed by atoms with Gasteiger partial charge in [-0.15, -0.1) is 0 Å². The van der Waals surface area contributed by atoms with Crippen molar-refractivity contribution in [2.24, 2.45) is 4.99 Å². The quantitative estimate of drug-likeness (QED) is 0.412. The minimum absolute atomic E-state index is 0.0657. The van der Waals surface area contributed by atoms with Gasteiger partial charge in [-0.1, -0.05) is 25.5 Å². The number of rotatable bonds is 7. The third-order valence-electron chi connectivity index (χ3n) is 2.92. The second-order valence-corrected chi connectivity index (χ2v) is 5.63. The zero-order chi connectivity index (χ0) is 16.4. The van der Waals surface area contributed by atoms with Crippen LogP contribution in [0.1, 0.15) is 46.1 Å². The Labute approximate surface area is 133 Å². The molecule has 0 aliphatic heterocycles. The van der Waals surface area contributed by atoms with Gasteiger partial charge in [-0.25, -0.2) is 4.99 Å². The number of carbonyl (C=O) groups excluding carboxylic acids is 1. The number of benzene rings is 1. The molecule has 1 aromatic carbocycles. The molecule has 0 saturated carbocycles. The Balaban J connectivity index is 2.69. The van der Waals surface area contributed by atoms with Gasteiger partial charge in [0.15, 0.2) is 5.96 Å². The number of aliphatic imine (C=N–C) groups is 1. The fourth-order valence-electron chi connectivity index (χ4n) is 1.93. The summed E-state index contributed by atoms with van der Waals surface area (Å²) < 4.78 is 0. The molecule has 5 nitrogen and oxygen atoms in total. The highest BCUT2D eigenvalue weighted by Gasteiger charge is 2.02. The SMILES string of the molecule is CCCCNC(=NCc1cccc(NC(C)=O)c1)NC(C)C. The zero-order valence-corrected chi connectivity index (χ0v) is 14.1. The molecule has 0 aliphatic rings. The van der Waals surface area contributed by atoms with Crippen LogP contribution in [0.15, 0.2) is 29.3 Å². The van der Waals surface area contributed by atoms with Gasteiger partial charge in [0.2, 0.25) is 5.91 Å². The van der Waals surface area contributed by atoms with Crippen LogP contribution in [0.4, 0.5) is 5.69 Å². The van der Waals surface area contributed by atoms with E-state index in [0.29, 0.717) is 12.6 Å². The standard InChI is InChI=1S/C17H28N4O/c1-5-6-10-18-17(20-13(2)3)19-12-15-8-7-9-16(11-15)21-14(4)22/h7-9,11,13H,5-6,10,12H2,1-4H3,(H,21,22)(H2,18,19,20). The molecule has 22 heavy (non-hydrogen) atoms. The van der Waals surface area contributed by atoms with Gasteiger partial charge in [0.05, 0.1) is 6.54 Å². The highest BCUT2D eigenvalue weighted by Crippen LogP contribution is 2.11. The summed E-state index contributed by atoms with van der Waals surface area (Å²) >= 11 is 0. The average Bonchev–Trinajstić information content (AvgIpc) is 2.44. The molecule has 0 atom stereocenters. The van der Waals surface area contributed by atoms with Gasteiger partial charge in [0.25, 0.3) is 0 Å². The van der Waals surface area contributed by atoms with Crippen molar-refractivity contribution in [2.45, 2.75) is 53.1 Å². The minimum Gasteiger partial charge on any atom is -0.356 e. The third kappa shape index (κ3) is 7.67. The Bertz CT molecular complexity index is 497. The third-order valence-corrected chi connectivity index (χ3v) is 2.92. The summed E-state index contributed by atoms with van der Waals surface area (Å²) in [7, 11) is 0. The largest absolute Gasteiger partial charge is 0.356 e. The number of guanidine groups is 1. The van der Waals surface area contributed by atoms with Gasteiger partial charge in [-0.05, 0) is 38.0 Å². The van der Waals surface area contributed by atoms with Gasteiger partial charge in [0, 0.05) is 25.2 Å². The molecule has 0 heterocycles. The van der Waals surface area contributed by atoms with E-state index in [-0.39, 0.29) is 5.91 Å². The highest BCUT2D eigenvalue weighted by molar-refractivity contribution is 5.88. The summed E-state index contributed by atoms with van der Waals surface area (Å²) in [5.74, 6) is 0.762. The van der Waals surface area contributed by atoms with Crippen LogP contribution in [0, 0.1) is 0 Å². The molecule has 0 bridgehead atoms. The van der Waals surface area contributed by atoms with E-state index in [1.165, 1.54) is 6.92 Å². The van der Waals surface area contributed by atoms with Crippen molar-refractivity contribution >= 4 is 17.6 Å². The van der Waals surface area contributed by atoms with Gasteiger partial charge in [-0.3, -0.25) is 4.79 Å². The van der Waals surface area contributed by atoms with Crippen LogP contribution in [0.2, 0.25) is 0 Å². The van der Waals surface area contributed by atoms with Crippen LogP contribution in [0.3, 0.4) is 0 Å². The first-order chi connectivity index (χ1) is 10.5. The molecule has 0 aliphatic carbocycles. The maximum Gasteiger partial charge on any atom is 0.221 e. The van der Waals surface area contributed by atoms with E-state index in [4.69, 9.17) is 0 Å². The van der Waals surface area contributed by atoms with Crippen molar-refractivity contribution in [3.63, 3.8) is 0 Å². The lowest BCUT2D eigenvalue weighted by atomic mass is 10.2. The summed E-state index contributed by atoms with van der Waals surface area (Å²) in [5, 5.41) is 9.45. The van der Waals surface area contributed by atoms with E-state index in [1.807, 2.05) is 24.3 Å². The fourth-order valence-corrected chi connectivity index (χ4v) is 1.93. The zero-order valence-electron chi connectivity index (χ0n) is 14.1. The predicted octanol–water partition coefficient (Wildman–Crippen LogP) is 2.89. The summed E-state index contributed by atoms with van der Waals surface area (Å²) in [5.41, 5.74) is 1.86. The van der Waals surface area contributed by atoms with Crippen LogP contribution in [0.25, 0.3) is 0 Å². The van der Waals surface area contributed by atoms with Crippen molar-refractivity contribution < 1.29 is 4.79 Å². The topological polar surface area (TPSA) is 65.5 Å². The lowest BCUT2D eigenvalue weighted by Gasteiger charge is -2.15. The molecule has 1 aromatic rings. The first-order valence-corrected chi connectivity index (χ1v) is 7.92. The number of nitrogens with one attached hydrogen (secondary N) is 3. The highest BCUT2D eigenvalue weighted by atomic mass is 16.1. The first kappa shape index (κ1) is 18.0. The number of nitrogens with zero attached hydrogens (tertiary/aromatic N) is 1. The average molecular weight is 304 g/mol. The van der Waals surface area contributed by atoms with E-state index in [0.717, 1.165) is 36.6 Å². The Kier molecular flexibility index (Phi) is 8.04. The smallest absolute Gasteiger partial charge is 0.221 e. The number of anilines is 1. The lowest BCUT2D eigenvalue weighted by Crippen LogP contribution is -2.41. The summed E-state index contributed by atoms with van der Waals surface area (Å²) in [4.78, 5) is 15.7. The number of hydrogen-bond donors (Lipinski definition) is 3. The van der Waals surface area contributed by atoms with E-state index in [9.17, 15) is 4.79 Å². The van der Waals surface area contributed by atoms with Crippen LogP contribution < -0.4 is 16.0 Å². The Morgan fingerprint density at radius 2 is 2.09 bits per heavy atom. The van der Waals surface area contributed by atoms with Gasteiger partial charge in [-0.2, -0.15) is 0 Å². The Morgan fingerprint density at radius 1 is 1.32 bits per heavy atom. The van der Waals surface area contributed by atoms with Crippen molar-refractivity contribution in [3.05, 3.63) is 29.8 Å². The summed E-state index contributed by atoms with van der Waals surface area (Å²) in [6.07, 6.45) is 2.28. The molecule has 1 rings (SSSR count). The van der Waals surface area contributed by atoms with E-state index >= 15 is 0 Å². The number of amides is 1. The summed E-state index contributed by atoms with van der Waals surface area (Å²) in [6.45, 7) is 9.35. The van der Waals surface area contributed by atoms with E-state index < -0.39 is 0 Å². The van der Waals surface area contributed by atoms with Crippen LogP contribution in [-0.4, -0.2) is 24.5 Å². The number of carbonyl (C=O) groups is 1. The monoisotopic (exact) mass is 304 g/mol. The molecule has 122 valence electrons. The van der Waals surface area contributed by atoms with Gasteiger partial charge >= 0.3 is 0 Å².